The fourth-order valence-electron chi connectivity index (χ4n) is 4.12. The summed E-state index contributed by atoms with van der Waals surface area (Å²) in [7, 11) is 0. The molecule has 188 valence electrons. The van der Waals surface area contributed by atoms with Gasteiger partial charge in [0.2, 0.25) is 5.13 Å². The fourth-order valence-corrected chi connectivity index (χ4v) is 6.07. The molecule has 10 heteroatoms. The molecular weight excluding hydrogens is 530 g/mol. The van der Waals surface area contributed by atoms with Crippen LogP contribution in [0.1, 0.15) is 39.8 Å². The van der Waals surface area contributed by atoms with E-state index in [0.29, 0.717) is 32.2 Å². The third-order valence-corrected chi connectivity index (χ3v) is 8.38. The van der Waals surface area contributed by atoms with Crippen LogP contribution in [0.15, 0.2) is 68.9 Å². The number of furan rings is 1. The third kappa shape index (κ3) is 4.94. The molecule has 4 aromatic rings. The highest BCUT2D eigenvalue weighted by atomic mass is 35.5. The summed E-state index contributed by atoms with van der Waals surface area (Å²) in [6.07, 6.45) is 0. The molecule has 5 rings (SSSR count). The van der Waals surface area contributed by atoms with Gasteiger partial charge in [-0.05, 0) is 62.2 Å². The van der Waals surface area contributed by atoms with E-state index in [0.717, 1.165) is 16.7 Å². The standard InChI is InChI=1S/C27H22ClN3O4S2/c1-14-4-5-15(2)19(12-14)23(32)21-22(20-11-6-16(3)35-20)31(25(34)24(21)33)26-29-30-27(37-26)36-13-17-7-9-18(28)10-8-17/h4-12,22,32H,13H2,1-3H3. The molecule has 2 aromatic heterocycles. The van der Waals surface area contributed by atoms with E-state index in [1.54, 1.807) is 25.1 Å². The molecule has 0 radical (unpaired) electrons. The molecule has 0 aliphatic carbocycles. The molecule has 0 spiro atoms. The second-order valence-electron chi connectivity index (χ2n) is 8.70. The number of aryl methyl sites for hydroxylation is 3. The van der Waals surface area contributed by atoms with Crippen molar-refractivity contribution >= 4 is 57.3 Å². The van der Waals surface area contributed by atoms with Crippen LogP contribution in [-0.4, -0.2) is 27.0 Å². The van der Waals surface area contributed by atoms with Crippen LogP contribution in [0.4, 0.5) is 5.13 Å². The second-order valence-corrected chi connectivity index (χ2v) is 11.3. The van der Waals surface area contributed by atoms with Crippen LogP contribution < -0.4 is 4.90 Å². The lowest BCUT2D eigenvalue weighted by molar-refractivity contribution is -0.132. The number of benzene rings is 2. The normalized spacial score (nSPS) is 17.1. The van der Waals surface area contributed by atoms with Gasteiger partial charge in [0, 0.05) is 16.3 Å². The highest BCUT2D eigenvalue weighted by Gasteiger charge is 2.50. The number of nitrogens with zero attached hydrogens (tertiary/aromatic N) is 3. The van der Waals surface area contributed by atoms with Gasteiger partial charge < -0.3 is 9.52 Å². The number of aromatic nitrogens is 2. The van der Waals surface area contributed by atoms with E-state index >= 15 is 0 Å². The highest BCUT2D eigenvalue weighted by molar-refractivity contribution is 8.00. The van der Waals surface area contributed by atoms with Crippen molar-refractivity contribution < 1.29 is 19.1 Å². The Balaban J connectivity index is 1.54. The van der Waals surface area contributed by atoms with Gasteiger partial charge in [-0.15, -0.1) is 10.2 Å². The summed E-state index contributed by atoms with van der Waals surface area (Å²) < 4.78 is 6.49. The maximum Gasteiger partial charge on any atom is 0.302 e. The topological polar surface area (TPSA) is 96.5 Å². The Morgan fingerprint density at radius 1 is 1.08 bits per heavy atom. The number of anilines is 1. The van der Waals surface area contributed by atoms with E-state index in [-0.39, 0.29) is 16.5 Å². The number of hydrogen-bond acceptors (Lipinski definition) is 8. The van der Waals surface area contributed by atoms with E-state index < -0.39 is 17.7 Å². The summed E-state index contributed by atoms with van der Waals surface area (Å²) in [6.45, 7) is 5.51. The van der Waals surface area contributed by atoms with E-state index in [9.17, 15) is 14.7 Å². The van der Waals surface area contributed by atoms with Gasteiger partial charge in [-0.3, -0.25) is 14.5 Å². The zero-order chi connectivity index (χ0) is 26.3. The number of Topliss-reactive ketones (excluding diaryl/α,β-unsaturated/α-hetero) is 1. The predicted octanol–water partition coefficient (Wildman–Crippen LogP) is 6.63. The van der Waals surface area contributed by atoms with Crippen molar-refractivity contribution in [2.75, 3.05) is 4.90 Å². The quantitative estimate of drug-likeness (QED) is 0.0944. The van der Waals surface area contributed by atoms with Crippen LogP contribution in [0.3, 0.4) is 0 Å². The number of aliphatic hydroxyl groups excluding tert-OH is 1. The van der Waals surface area contributed by atoms with Crippen molar-refractivity contribution in [1.82, 2.24) is 10.2 Å². The van der Waals surface area contributed by atoms with Crippen LogP contribution in [0.5, 0.6) is 0 Å². The lowest BCUT2D eigenvalue weighted by atomic mass is 9.96. The summed E-state index contributed by atoms with van der Waals surface area (Å²) in [5, 5.41) is 20.7. The summed E-state index contributed by atoms with van der Waals surface area (Å²) in [6, 6.07) is 15.6. The zero-order valence-corrected chi connectivity index (χ0v) is 22.6. The van der Waals surface area contributed by atoms with Gasteiger partial charge in [-0.2, -0.15) is 0 Å². The number of hydrogen-bond donors (Lipinski definition) is 1. The lowest BCUT2D eigenvalue weighted by Crippen LogP contribution is -2.29. The molecule has 3 heterocycles. The van der Waals surface area contributed by atoms with Crippen LogP contribution in [0.2, 0.25) is 5.02 Å². The molecule has 1 N–H and O–H groups in total. The monoisotopic (exact) mass is 551 g/mol. The first-order valence-electron chi connectivity index (χ1n) is 11.4. The first kappa shape index (κ1) is 25.3. The Morgan fingerprint density at radius 3 is 2.54 bits per heavy atom. The minimum atomic E-state index is -0.976. The van der Waals surface area contributed by atoms with Crippen LogP contribution >= 0.6 is 34.7 Å². The molecule has 1 atom stereocenters. The van der Waals surface area contributed by atoms with Gasteiger partial charge in [-0.25, -0.2) is 0 Å². The van der Waals surface area contributed by atoms with Gasteiger partial charge in [0.1, 0.15) is 23.3 Å². The maximum absolute atomic E-state index is 13.3. The van der Waals surface area contributed by atoms with Gasteiger partial charge in [0.15, 0.2) is 4.34 Å². The largest absolute Gasteiger partial charge is 0.507 e. The van der Waals surface area contributed by atoms with Gasteiger partial charge in [-0.1, -0.05) is 64.5 Å². The van der Waals surface area contributed by atoms with E-state index in [1.165, 1.54) is 28.0 Å². The molecule has 1 unspecified atom stereocenters. The third-order valence-electron chi connectivity index (χ3n) is 6.00. The van der Waals surface area contributed by atoms with Crippen molar-refractivity contribution in [2.24, 2.45) is 0 Å². The Labute approximate surface area is 226 Å². The Kier molecular flexibility index (Phi) is 6.94. The van der Waals surface area contributed by atoms with Crippen molar-refractivity contribution in [3.8, 4) is 0 Å². The molecule has 1 fully saturated rings. The number of amides is 1. The lowest BCUT2D eigenvalue weighted by Gasteiger charge is -2.20. The SMILES string of the molecule is Cc1ccc(C)c(C(O)=C2C(=O)C(=O)N(c3nnc(SCc4ccc(Cl)cc4)s3)C2c2ccc(C)o2)c1. The smallest absolute Gasteiger partial charge is 0.302 e. The number of carbonyl (C=O) groups is 2. The van der Waals surface area contributed by atoms with Gasteiger partial charge in [0.25, 0.3) is 5.78 Å². The Bertz CT molecular complexity index is 1540. The fraction of sp³-hybridized carbons (Fsp3) is 0.185. The number of aliphatic hydroxyl groups is 1. The predicted molar refractivity (Wildman–Crippen MR) is 145 cm³/mol. The van der Waals surface area contributed by atoms with Crippen molar-refractivity contribution in [3.05, 3.63) is 99.0 Å². The van der Waals surface area contributed by atoms with E-state index in [1.807, 2.05) is 50.2 Å². The van der Waals surface area contributed by atoms with E-state index in [2.05, 4.69) is 10.2 Å². The molecule has 7 nitrogen and oxygen atoms in total. The number of rotatable bonds is 6. The van der Waals surface area contributed by atoms with Crippen molar-refractivity contribution in [2.45, 2.75) is 36.9 Å². The molecular formula is C27H22ClN3O4S2. The molecule has 37 heavy (non-hydrogen) atoms. The summed E-state index contributed by atoms with van der Waals surface area (Å²) in [4.78, 5) is 27.9. The number of ketones is 1. The first-order chi connectivity index (χ1) is 17.7. The number of thioether (sulfide) groups is 1. The van der Waals surface area contributed by atoms with Crippen LogP contribution in [0, 0.1) is 20.8 Å². The minimum absolute atomic E-state index is 0.0429. The molecule has 1 aliphatic heterocycles. The number of carbonyl (C=O) groups excluding carboxylic acids is 2. The summed E-state index contributed by atoms with van der Waals surface area (Å²) in [5.41, 5.74) is 3.20. The minimum Gasteiger partial charge on any atom is -0.507 e. The summed E-state index contributed by atoms with van der Waals surface area (Å²) in [5.74, 6) is -0.238. The molecule has 1 saturated heterocycles. The average Bonchev–Trinajstić information content (AvgIpc) is 3.58. The summed E-state index contributed by atoms with van der Waals surface area (Å²) >= 11 is 8.63. The van der Waals surface area contributed by atoms with Crippen LogP contribution in [0.25, 0.3) is 5.76 Å². The first-order valence-corrected chi connectivity index (χ1v) is 13.6. The molecule has 0 bridgehead atoms. The molecule has 0 saturated carbocycles. The van der Waals surface area contributed by atoms with Gasteiger partial charge >= 0.3 is 5.91 Å². The second kappa shape index (κ2) is 10.2. The Morgan fingerprint density at radius 2 is 1.84 bits per heavy atom. The highest BCUT2D eigenvalue weighted by Crippen LogP contribution is 2.44. The van der Waals surface area contributed by atoms with Crippen molar-refractivity contribution in [1.29, 1.82) is 0 Å². The molecule has 1 aliphatic rings. The molecule has 2 aromatic carbocycles. The maximum atomic E-state index is 13.3. The molecule has 1 amide bonds. The van der Waals surface area contributed by atoms with Crippen LogP contribution in [-0.2, 0) is 15.3 Å². The Hall–Kier alpha value is -3.40. The zero-order valence-electron chi connectivity index (χ0n) is 20.2. The van der Waals surface area contributed by atoms with E-state index in [4.69, 9.17) is 16.0 Å². The van der Waals surface area contributed by atoms with Crippen molar-refractivity contribution in [3.63, 3.8) is 0 Å². The number of halogens is 1. The van der Waals surface area contributed by atoms with Gasteiger partial charge in [0.05, 0.1) is 5.57 Å². The average molecular weight is 552 g/mol.